The molecule has 0 N–H and O–H groups in total. The minimum Gasteiger partial charge on any atom is -0.229 e. The lowest BCUT2D eigenvalue weighted by Crippen LogP contribution is -2.07. The molecule has 0 aliphatic carbocycles. The third-order valence-corrected chi connectivity index (χ3v) is 2.44. The van der Waals surface area contributed by atoms with Gasteiger partial charge in [0.15, 0.2) is 9.84 Å². The number of pyridine rings is 1. The van der Waals surface area contributed by atoms with Crippen LogP contribution in [0.15, 0.2) is 12.3 Å². The van der Waals surface area contributed by atoms with Gasteiger partial charge in [0.1, 0.15) is 5.82 Å². The van der Waals surface area contributed by atoms with E-state index in [1.165, 1.54) is 0 Å². The fourth-order valence-electron chi connectivity index (χ4n) is 0.925. The molecular weight excluding hydrogens is 212 g/mol. The van der Waals surface area contributed by atoms with Gasteiger partial charge in [-0.25, -0.2) is 17.8 Å². The Morgan fingerprint density at radius 2 is 2.07 bits per heavy atom. The highest BCUT2D eigenvalue weighted by Gasteiger charge is 2.12. The molecule has 1 aromatic rings. The molecule has 77 valence electrons. The van der Waals surface area contributed by atoms with Crippen LogP contribution in [0.2, 0.25) is 0 Å². The van der Waals surface area contributed by atoms with E-state index in [1.807, 2.05) is 0 Å². The van der Waals surface area contributed by atoms with Crippen LogP contribution in [0.1, 0.15) is 5.56 Å². The number of halogens is 2. The minimum atomic E-state index is -3.47. The minimum absolute atomic E-state index is 0.253. The van der Waals surface area contributed by atoms with Crippen molar-refractivity contribution in [1.29, 1.82) is 0 Å². The first-order valence-electron chi connectivity index (χ1n) is 3.75. The van der Waals surface area contributed by atoms with E-state index >= 15 is 0 Å². The van der Waals surface area contributed by atoms with Gasteiger partial charge in [0.2, 0.25) is 5.95 Å². The smallest absolute Gasteiger partial charge is 0.218 e. The number of rotatable bonds is 3. The van der Waals surface area contributed by atoms with Crippen molar-refractivity contribution >= 4 is 9.84 Å². The summed E-state index contributed by atoms with van der Waals surface area (Å²) in [7, 11) is -3.47. The average molecular weight is 220 g/mol. The van der Waals surface area contributed by atoms with Gasteiger partial charge < -0.3 is 0 Å². The average Bonchev–Trinajstić information content (AvgIpc) is 2.01. The fourth-order valence-corrected chi connectivity index (χ4v) is 1.44. The summed E-state index contributed by atoms with van der Waals surface area (Å²) in [5, 5.41) is 0. The van der Waals surface area contributed by atoms with Crippen molar-refractivity contribution in [3.05, 3.63) is 35.8 Å². The molecule has 0 saturated carbocycles. The molecule has 3 nitrogen and oxygen atoms in total. The molecule has 6 heteroatoms. The summed E-state index contributed by atoms with van der Waals surface area (Å²) in [6.45, 7) is 0. The molecule has 0 aromatic carbocycles. The maximum atomic E-state index is 12.9. The van der Waals surface area contributed by atoms with Crippen molar-refractivity contribution in [3.63, 3.8) is 0 Å². The van der Waals surface area contributed by atoms with Crippen molar-refractivity contribution in [1.82, 2.24) is 4.98 Å². The van der Waals surface area contributed by atoms with Crippen LogP contribution in [-0.2, 0) is 16.3 Å². The standard InChI is InChI=1S/C8H8F2NO2S/c1-14(12,13)5-3-6-7(9)2-4-11-8(6)10/h2,4H,1,3,5H2. The Balaban J connectivity index is 2.87. The number of sulfone groups is 1. The predicted octanol–water partition coefficient (Wildman–Crippen LogP) is 1.11. The van der Waals surface area contributed by atoms with E-state index in [0.29, 0.717) is 0 Å². The highest BCUT2D eigenvalue weighted by molar-refractivity contribution is 7.92. The van der Waals surface area contributed by atoms with Crippen molar-refractivity contribution in [3.8, 4) is 0 Å². The largest absolute Gasteiger partial charge is 0.229 e. The Labute approximate surface area is 80.7 Å². The summed E-state index contributed by atoms with van der Waals surface area (Å²) in [5.74, 6) is -2.16. The van der Waals surface area contributed by atoms with Gasteiger partial charge in [-0.05, 0) is 12.5 Å². The lowest BCUT2D eigenvalue weighted by molar-refractivity contribution is 0.528. The monoisotopic (exact) mass is 220 g/mol. The zero-order valence-electron chi connectivity index (χ0n) is 7.20. The van der Waals surface area contributed by atoms with E-state index in [1.54, 1.807) is 0 Å². The first-order chi connectivity index (χ1) is 6.40. The van der Waals surface area contributed by atoms with Gasteiger partial charge in [-0.15, -0.1) is 0 Å². The summed E-state index contributed by atoms with van der Waals surface area (Å²) in [5.41, 5.74) is -0.320. The molecule has 1 heterocycles. The van der Waals surface area contributed by atoms with Crippen molar-refractivity contribution in [2.24, 2.45) is 0 Å². The molecule has 0 saturated heterocycles. The number of aromatic nitrogens is 1. The highest BCUT2D eigenvalue weighted by atomic mass is 32.2. The van der Waals surface area contributed by atoms with Crippen molar-refractivity contribution < 1.29 is 17.2 Å². The normalized spacial score (nSPS) is 11.6. The third kappa shape index (κ3) is 3.02. The van der Waals surface area contributed by atoms with E-state index in [0.717, 1.165) is 12.3 Å². The van der Waals surface area contributed by atoms with Crippen LogP contribution >= 0.6 is 0 Å². The van der Waals surface area contributed by atoms with Gasteiger partial charge in [-0.3, -0.25) is 0 Å². The first-order valence-corrected chi connectivity index (χ1v) is 5.57. The summed E-state index contributed by atoms with van der Waals surface area (Å²) >= 11 is 0. The zero-order chi connectivity index (χ0) is 10.8. The molecule has 0 atom stereocenters. The molecular formula is C8H8F2NO2S. The lowest BCUT2D eigenvalue weighted by atomic mass is 10.2. The SMILES string of the molecule is [CH2]S(=O)(=O)CCc1c(F)ccnc1F. The van der Waals surface area contributed by atoms with E-state index in [9.17, 15) is 17.2 Å². The molecule has 0 unspecified atom stereocenters. The molecule has 1 rings (SSSR count). The second kappa shape index (κ2) is 4.00. The van der Waals surface area contributed by atoms with Crippen LogP contribution in [0.4, 0.5) is 8.78 Å². The quantitative estimate of drug-likeness (QED) is 0.717. The number of hydrogen-bond acceptors (Lipinski definition) is 3. The van der Waals surface area contributed by atoms with Crippen LogP contribution in [-0.4, -0.2) is 19.2 Å². The molecule has 1 radical (unpaired) electrons. The lowest BCUT2D eigenvalue weighted by Gasteiger charge is -2.02. The van der Waals surface area contributed by atoms with Gasteiger partial charge in [0.05, 0.1) is 12.0 Å². The molecule has 1 aromatic heterocycles. The molecule has 14 heavy (non-hydrogen) atoms. The molecule has 0 fully saturated rings. The highest BCUT2D eigenvalue weighted by Crippen LogP contribution is 2.10. The van der Waals surface area contributed by atoms with Crippen LogP contribution in [0, 0.1) is 18.0 Å². The Morgan fingerprint density at radius 3 is 2.57 bits per heavy atom. The Bertz CT molecular complexity index is 411. The van der Waals surface area contributed by atoms with Crippen LogP contribution in [0.25, 0.3) is 0 Å². The molecule has 0 aliphatic rings. The van der Waals surface area contributed by atoms with Gasteiger partial charge >= 0.3 is 0 Å². The zero-order valence-corrected chi connectivity index (χ0v) is 8.02. The van der Waals surface area contributed by atoms with E-state index in [2.05, 4.69) is 11.2 Å². The Hall–Kier alpha value is -1.04. The van der Waals surface area contributed by atoms with Crippen LogP contribution in [0.3, 0.4) is 0 Å². The summed E-state index contributed by atoms with van der Waals surface area (Å²) in [6, 6.07) is 0.980. The van der Waals surface area contributed by atoms with Gasteiger partial charge in [-0.2, -0.15) is 4.39 Å². The summed E-state index contributed by atoms with van der Waals surface area (Å²) < 4.78 is 47.1. The third-order valence-electron chi connectivity index (χ3n) is 1.61. The number of nitrogens with zero attached hydrogens (tertiary/aromatic N) is 1. The molecule has 0 amide bonds. The molecule has 0 spiro atoms. The fraction of sp³-hybridized carbons (Fsp3) is 0.250. The molecule has 0 aliphatic heterocycles. The summed E-state index contributed by atoms with van der Waals surface area (Å²) in [4.78, 5) is 3.22. The maximum Gasteiger partial charge on any atom is 0.218 e. The van der Waals surface area contributed by atoms with E-state index < -0.39 is 27.4 Å². The molecule has 0 bridgehead atoms. The van der Waals surface area contributed by atoms with Crippen LogP contribution in [0.5, 0.6) is 0 Å². The topological polar surface area (TPSA) is 47.0 Å². The van der Waals surface area contributed by atoms with Crippen molar-refractivity contribution in [2.75, 3.05) is 5.75 Å². The van der Waals surface area contributed by atoms with Gasteiger partial charge in [-0.1, -0.05) is 0 Å². The van der Waals surface area contributed by atoms with Gasteiger partial charge in [0.25, 0.3) is 0 Å². The number of hydrogen-bond donors (Lipinski definition) is 0. The Morgan fingerprint density at radius 1 is 1.43 bits per heavy atom. The maximum absolute atomic E-state index is 12.9. The predicted molar refractivity (Wildman–Crippen MR) is 47.0 cm³/mol. The summed E-state index contributed by atoms with van der Waals surface area (Å²) in [6.07, 6.45) is 3.58. The van der Waals surface area contributed by atoms with Crippen LogP contribution < -0.4 is 0 Å². The van der Waals surface area contributed by atoms with Gasteiger partial charge in [0, 0.05) is 11.8 Å². The van der Waals surface area contributed by atoms with E-state index in [-0.39, 0.29) is 12.0 Å². The second-order valence-corrected chi connectivity index (χ2v) is 4.66. The van der Waals surface area contributed by atoms with Crippen molar-refractivity contribution in [2.45, 2.75) is 6.42 Å². The second-order valence-electron chi connectivity index (χ2n) is 2.76. The Kier molecular flexibility index (Phi) is 3.15. The van der Waals surface area contributed by atoms with E-state index in [4.69, 9.17) is 0 Å². The first kappa shape index (κ1) is 11.0.